The lowest BCUT2D eigenvalue weighted by Gasteiger charge is -2.15. The maximum atomic E-state index is 6.27. The molecule has 1 aromatic rings. The molecule has 0 aliphatic heterocycles. The lowest BCUT2D eigenvalue weighted by Crippen LogP contribution is -2.03. The van der Waals surface area contributed by atoms with Gasteiger partial charge in [-0.2, -0.15) is 0 Å². The van der Waals surface area contributed by atoms with E-state index in [4.69, 9.17) is 21.1 Å². The molecule has 0 radical (unpaired) electrons. The van der Waals surface area contributed by atoms with Gasteiger partial charge in [-0.25, -0.2) is 0 Å². The second kappa shape index (κ2) is 8.91. The Labute approximate surface area is 127 Å². The zero-order valence-corrected chi connectivity index (χ0v) is 13.7. The van der Waals surface area contributed by atoms with E-state index in [-0.39, 0.29) is 0 Å². The maximum absolute atomic E-state index is 6.27. The standard InChI is InChI=1S/C17H25ClO2/c1-5-8-9-13(4)10-14-11-15(18)17(20-7-3)12-16(14)19-6-2/h8-9,11-13H,5-7,10H2,1-4H3/b9-8-. The van der Waals surface area contributed by atoms with Crippen molar-refractivity contribution in [1.29, 1.82) is 0 Å². The number of hydrogen-bond acceptors (Lipinski definition) is 2. The third-order valence-electron chi connectivity index (χ3n) is 2.96. The third kappa shape index (κ3) is 5.09. The van der Waals surface area contributed by atoms with Gasteiger partial charge in [0.1, 0.15) is 11.5 Å². The summed E-state index contributed by atoms with van der Waals surface area (Å²) in [6.07, 6.45) is 6.41. The Morgan fingerprint density at radius 1 is 1.10 bits per heavy atom. The van der Waals surface area contributed by atoms with Gasteiger partial charge in [0, 0.05) is 6.07 Å². The molecule has 2 nitrogen and oxygen atoms in total. The van der Waals surface area contributed by atoms with E-state index in [0.29, 0.717) is 29.9 Å². The predicted octanol–water partition coefficient (Wildman–Crippen LogP) is 5.28. The highest BCUT2D eigenvalue weighted by Crippen LogP contribution is 2.34. The van der Waals surface area contributed by atoms with E-state index in [1.807, 2.05) is 26.0 Å². The van der Waals surface area contributed by atoms with Crippen LogP contribution in [0.15, 0.2) is 24.3 Å². The summed E-state index contributed by atoms with van der Waals surface area (Å²) in [5, 5.41) is 0.650. The number of ether oxygens (including phenoxy) is 2. The Morgan fingerprint density at radius 3 is 2.35 bits per heavy atom. The normalized spacial score (nSPS) is 12.7. The predicted molar refractivity (Wildman–Crippen MR) is 86.1 cm³/mol. The Hall–Kier alpha value is -1.15. The number of benzene rings is 1. The van der Waals surface area contributed by atoms with E-state index in [1.165, 1.54) is 0 Å². The molecule has 1 rings (SSSR count). The molecular formula is C17H25ClO2. The topological polar surface area (TPSA) is 18.5 Å². The summed E-state index contributed by atoms with van der Waals surface area (Å²) >= 11 is 6.27. The smallest absolute Gasteiger partial charge is 0.141 e. The molecule has 3 heteroatoms. The molecule has 0 heterocycles. The van der Waals surface area contributed by atoms with Gasteiger partial charge in [-0.1, -0.05) is 37.6 Å². The van der Waals surface area contributed by atoms with Crippen LogP contribution in [0.1, 0.15) is 39.7 Å². The monoisotopic (exact) mass is 296 g/mol. The van der Waals surface area contributed by atoms with Gasteiger partial charge in [0.15, 0.2) is 0 Å². The lowest BCUT2D eigenvalue weighted by molar-refractivity contribution is 0.320. The van der Waals surface area contributed by atoms with Crippen LogP contribution in [0.25, 0.3) is 0 Å². The fourth-order valence-corrected chi connectivity index (χ4v) is 2.32. The quantitative estimate of drug-likeness (QED) is 0.607. The van der Waals surface area contributed by atoms with Crippen LogP contribution in [0.3, 0.4) is 0 Å². The molecule has 0 saturated carbocycles. The summed E-state index contributed by atoms with van der Waals surface area (Å²) in [4.78, 5) is 0. The van der Waals surface area contributed by atoms with Crippen LogP contribution in [-0.2, 0) is 6.42 Å². The first kappa shape index (κ1) is 16.9. The van der Waals surface area contributed by atoms with E-state index >= 15 is 0 Å². The number of rotatable bonds is 8. The highest BCUT2D eigenvalue weighted by atomic mass is 35.5. The van der Waals surface area contributed by atoms with E-state index in [1.54, 1.807) is 0 Å². The van der Waals surface area contributed by atoms with Crippen molar-refractivity contribution in [3.8, 4) is 11.5 Å². The van der Waals surface area contributed by atoms with Crippen molar-refractivity contribution in [3.05, 3.63) is 34.9 Å². The van der Waals surface area contributed by atoms with E-state index in [9.17, 15) is 0 Å². The van der Waals surface area contributed by atoms with Crippen LogP contribution in [0.2, 0.25) is 5.02 Å². The van der Waals surface area contributed by atoms with Gasteiger partial charge in [0.05, 0.1) is 18.2 Å². The highest BCUT2D eigenvalue weighted by Gasteiger charge is 2.12. The Bertz CT molecular complexity index is 441. The molecule has 0 aromatic heterocycles. The molecule has 0 aliphatic rings. The minimum Gasteiger partial charge on any atom is -0.493 e. The molecule has 1 unspecified atom stereocenters. The van der Waals surface area contributed by atoms with Crippen LogP contribution < -0.4 is 9.47 Å². The van der Waals surface area contributed by atoms with Gasteiger partial charge in [-0.15, -0.1) is 0 Å². The maximum Gasteiger partial charge on any atom is 0.141 e. The van der Waals surface area contributed by atoms with E-state index < -0.39 is 0 Å². The van der Waals surface area contributed by atoms with E-state index in [0.717, 1.165) is 24.2 Å². The molecule has 0 fully saturated rings. The minimum absolute atomic E-state index is 0.461. The fourth-order valence-electron chi connectivity index (χ4n) is 2.07. The first-order valence-corrected chi connectivity index (χ1v) is 7.74. The summed E-state index contributed by atoms with van der Waals surface area (Å²) in [5.41, 5.74) is 1.13. The second-order valence-electron chi connectivity index (χ2n) is 4.77. The molecule has 0 saturated heterocycles. The summed E-state index contributed by atoms with van der Waals surface area (Å²) in [5.74, 6) is 2.03. The number of hydrogen-bond donors (Lipinski definition) is 0. The zero-order chi connectivity index (χ0) is 15.0. The Morgan fingerprint density at radius 2 is 1.75 bits per heavy atom. The van der Waals surface area contributed by atoms with Crippen LogP contribution >= 0.6 is 11.6 Å². The molecule has 0 bridgehead atoms. The average Bonchev–Trinajstić information content (AvgIpc) is 2.42. The van der Waals surface area contributed by atoms with Gasteiger partial charge < -0.3 is 9.47 Å². The van der Waals surface area contributed by atoms with Crippen molar-refractivity contribution in [1.82, 2.24) is 0 Å². The van der Waals surface area contributed by atoms with E-state index in [2.05, 4.69) is 26.0 Å². The van der Waals surface area contributed by atoms with Gasteiger partial charge in [0.2, 0.25) is 0 Å². The lowest BCUT2D eigenvalue weighted by atomic mass is 9.99. The Kier molecular flexibility index (Phi) is 7.53. The molecule has 1 aromatic carbocycles. The van der Waals surface area contributed by atoms with Crippen LogP contribution in [0.4, 0.5) is 0 Å². The van der Waals surface area contributed by atoms with Crippen LogP contribution in [-0.4, -0.2) is 13.2 Å². The minimum atomic E-state index is 0.461. The first-order valence-electron chi connectivity index (χ1n) is 7.36. The molecule has 0 amide bonds. The molecule has 0 spiro atoms. The molecule has 0 aliphatic carbocycles. The summed E-state index contributed by atoms with van der Waals surface area (Å²) in [6.45, 7) is 9.51. The largest absolute Gasteiger partial charge is 0.493 e. The summed E-state index contributed by atoms with van der Waals surface area (Å²) in [7, 11) is 0. The molecule has 20 heavy (non-hydrogen) atoms. The van der Waals surface area contributed by atoms with Crippen molar-refractivity contribution in [2.45, 2.75) is 40.5 Å². The fraction of sp³-hybridized carbons (Fsp3) is 0.529. The zero-order valence-electron chi connectivity index (χ0n) is 12.9. The number of allylic oxidation sites excluding steroid dienone is 2. The van der Waals surface area contributed by atoms with Crippen molar-refractivity contribution in [2.24, 2.45) is 5.92 Å². The second-order valence-corrected chi connectivity index (χ2v) is 5.18. The van der Waals surface area contributed by atoms with Gasteiger partial charge in [-0.3, -0.25) is 0 Å². The number of halogens is 1. The van der Waals surface area contributed by atoms with Crippen molar-refractivity contribution >= 4 is 11.6 Å². The van der Waals surface area contributed by atoms with Crippen LogP contribution in [0.5, 0.6) is 11.5 Å². The summed E-state index contributed by atoms with van der Waals surface area (Å²) in [6, 6.07) is 3.87. The van der Waals surface area contributed by atoms with Gasteiger partial charge in [0.25, 0.3) is 0 Å². The van der Waals surface area contributed by atoms with Crippen LogP contribution in [0, 0.1) is 5.92 Å². The highest BCUT2D eigenvalue weighted by molar-refractivity contribution is 6.32. The summed E-state index contributed by atoms with van der Waals surface area (Å²) < 4.78 is 11.2. The third-order valence-corrected chi connectivity index (χ3v) is 3.25. The molecule has 1 atom stereocenters. The van der Waals surface area contributed by atoms with Gasteiger partial charge >= 0.3 is 0 Å². The molecular weight excluding hydrogens is 272 g/mol. The average molecular weight is 297 g/mol. The van der Waals surface area contributed by atoms with Crippen molar-refractivity contribution in [2.75, 3.05) is 13.2 Å². The molecule has 112 valence electrons. The Balaban J connectivity index is 2.98. The SMILES string of the molecule is CC/C=C\C(C)Cc1cc(Cl)c(OCC)cc1OCC. The van der Waals surface area contributed by atoms with Gasteiger partial charge in [-0.05, 0) is 44.2 Å². The molecule has 0 N–H and O–H groups in total. The van der Waals surface area contributed by atoms with Crippen molar-refractivity contribution in [3.63, 3.8) is 0 Å². The first-order chi connectivity index (χ1) is 9.62. The van der Waals surface area contributed by atoms with Crippen molar-refractivity contribution < 1.29 is 9.47 Å².